The van der Waals surface area contributed by atoms with Crippen molar-refractivity contribution in [3.8, 4) is 0 Å². The minimum absolute atomic E-state index is 0.00140. The highest BCUT2D eigenvalue weighted by Crippen LogP contribution is 2.39. The highest BCUT2D eigenvalue weighted by molar-refractivity contribution is 5.96. The van der Waals surface area contributed by atoms with Crippen molar-refractivity contribution in [2.45, 2.75) is 275 Å². The molecule has 0 saturated heterocycles. The van der Waals surface area contributed by atoms with Crippen LogP contribution in [0.5, 0.6) is 0 Å². The van der Waals surface area contributed by atoms with Crippen molar-refractivity contribution >= 4 is 5.78 Å². The molecule has 6 aliphatic heterocycles. The van der Waals surface area contributed by atoms with Crippen molar-refractivity contribution in [1.82, 2.24) is 29.4 Å². The molecule has 11 aromatic rings. The smallest absolute Gasteiger partial charge is 0.162 e. The Kier molecular flexibility index (Phi) is 48.4. The van der Waals surface area contributed by atoms with Gasteiger partial charge in [-0.1, -0.05) is 276 Å². The van der Waals surface area contributed by atoms with Gasteiger partial charge in [0.1, 0.15) is 5.82 Å². The minimum atomic E-state index is -0.562. The molecule has 147 heavy (non-hydrogen) atoms. The molecule has 0 spiro atoms. The zero-order valence-electron chi connectivity index (χ0n) is 87.3. The number of carbonyl (C=O) groups excluding carboxylic acids is 1. The number of hydrogen-bond acceptors (Lipinski definition) is 19. The SMILES string of the molecule is CCCCCCCCN1CCc2cc(CO)ccc2C(O)C1.O=C(CCCN1CCc2cc(CO)ccc2C(O)C1)c1ccc(F)cc1.OCc1ccc2c(c1)CCN(C1CCC(c3ccccc3)CC1)CC2O.OCc1ccc2c(c1)CCN(CCCCCc1ccccc1)CC2O.OCc1ccc2c(c1)CCN(CCCCc1ccccc1)CC2O.OCc1ccc2c(c1)CCN(CCCCc1ccccc1)CC2O. The van der Waals surface area contributed by atoms with Crippen LogP contribution in [0.1, 0.15) is 304 Å². The van der Waals surface area contributed by atoms with Gasteiger partial charge in [-0.3, -0.25) is 9.69 Å². The molecule has 1 saturated carbocycles. The standard InChI is InChI=1S/C23H29NO2.C22H29NO2.C21H24FNO3.2C21H27NO2.C19H31NO2/c25-16-17-6-11-22-20(14-17)12-13-24(15-23(22)26)21-9-7-19(8-10-21)18-4-2-1-3-5-18;24-17-19-10-11-21-20(15-19)12-14-23(16-22(21)25)13-6-2-5-9-18-7-3-1-4-8-18;22-18-6-4-16(5-7-18)20(25)2-1-10-23-11-9-17-12-15(14-24)3-8-19(17)21(26)13-23;2*23-16-18-9-10-20-19(14-18)11-13-22(15-21(20)24)12-5-4-8-17-6-2-1-3-7-17;1-2-3-4-5-6-7-11-20-12-10-17-13-16(15-21)8-9-18(17)19(22)14-20/h1-6,11,14,19,21,23,25-26H,7-10,12-13,15-16H2;1,3-4,7-8,10-11,15,22,24-25H,2,5-6,9,12-14,16-17H2;3-8,12,21,24,26H,1-2,9-11,13-14H2;2*1-3,6-7,9-10,14,21,23-24H,4-5,8,11-13,15-16H2;8-9,13,19,21-22H,2-7,10-12,14-15H2,1H3. The molecule has 7 aliphatic rings. The first-order chi connectivity index (χ1) is 71.8. The fourth-order valence-electron chi connectivity index (χ4n) is 22.3. The van der Waals surface area contributed by atoms with E-state index in [9.17, 15) is 70.5 Å². The van der Waals surface area contributed by atoms with Gasteiger partial charge in [-0.2, -0.15) is 0 Å². The van der Waals surface area contributed by atoms with E-state index in [1.54, 1.807) is 0 Å². The van der Waals surface area contributed by atoms with E-state index in [1.165, 1.54) is 171 Å². The molecular weight excluding hydrogens is 1840 g/mol. The van der Waals surface area contributed by atoms with Crippen LogP contribution >= 0.6 is 0 Å². The van der Waals surface area contributed by atoms with Gasteiger partial charge in [0.2, 0.25) is 0 Å². The summed E-state index contributed by atoms with van der Waals surface area (Å²) in [6, 6.07) is 84.5. The molecule has 12 N–H and O–H groups in total. The number of ketones is 1. The Morgan fingerprint density at radius 3 is 0.857 bits per heavy atom. The number of carbonyl (C=O) groups is 1. The third-order valence-electron chi connectivity index (χ3n) is 30.9. The number of aliphatic hydroxyl groups excluding tert-OH is 12. The van der Waals surface area contributed by atoms with Crippen LogP contribution in [-0.2, 0) is 97.4 Å². The Bertz CT molecular complexity index is 5530. The second-order valence-corrected chi connectivity index (χ2v) is 41.6. The second-order valence-electron chi connectivity index (χ2n) is 41.6. The van der Waals surface area contributed by atoms with Gasteiger partial charge in [0.05, 0.1) is 76.3 Å². The Hall–Kier alpha value is -9.70. The number of Topliss-reactive ketones (excluding diaryl/α,β-unsaturated/α-hetero) is 1. The molecule has 19 nitrogen and oxygen atoms in total. The summed E-state index contributed by atoms with van der Waals surface area (Å²) in [7, 11) is 0. The van der Waals surface area contributed by atoms with Crippen LogP contribution in [-0.4, -0.2) is 214 Å². The Labute approximate surface area is 875 Å². The number of benzene rings is 11. The molecule has 6 heterocycles. The van der Waals surface area contributed by atoms with Gasteiger partial charge in [0.15, 0.2) is 5.78 Å². The Balaban J connectivity index is 0.000000148. The van der Waals surface area contributed by atoms with E-state index in [4.69, 9.17) is 0 Å². The minimum Gasteiger partial charge on any atom is -0.392 e. The largest absolute Gasteiger partial charge is 0.392 e. The van der Waals surface area contributed by atoms with Crippen LogP contribution in [0.3, 0.4) is 0 Å². The number of fused-ring (bicyclic) bond motifs is 6. The molecule has 1 aliphatic carbocycles. The van der Waals surface area contributed by atoms with Crippen LogP contribution in [0.2, 0.25) is 0 Å². The van der Waals surface area contributed by atoms with Crippen LogP contribution in [0.15, 0.2) is 255 Å². The average Bonchev–Trinajstić information content (AvgIpc) is 1.76. The summed E-state index contributed by atoms with van der Waals surface area (Å²) in [5.41, 5.74) is 24.9. The zero-order chi connectivity index (χ0) is 103. The maximum atomic E-state index is 12.9. The maximum absolute atomic E-state index is 12.9. The van der Waals surface area contributed by atoms with Gasteiger partial charge in [0, 0.05) is 96.6 Å². The number of unbranched alkanes of at least 4 members (excludes halogenated alkanes) is 9. The van der Waals surface area contributed by atoms with Crippen molar-refractivity contribution < 1.29 is 70.5 Å². The van der Waals surface area contributed by atoms with E-state index in [-0.39, 0.29) is 51.2 Å². The quantitative estimate of drug-likeness (QED) is 0.0128. The predicted molar refractivity (Wildman–Crippen MR) is 587 cm³/mol. The first kappa shape index (κ1) is 114. The van der Waals surface area contributed by atoms with E-state index in [0.29, 0.717) is 56.5 Å². The summed E-state index contributed by atoms with van der Waals surface area (Å²) in [5.74, 6) is 0.355. The molecule has 0 bridgehead atoms. The molecule has 6 atom stereocenters. The van der Waals surface area contributed by atoms with Gasteiger partial charge in [-0.25, -0.2) is 4.39 Å². The normalized spacial score (nSPS) is 19.7. The van der Waals surface area contributed by atoms with Gasteiger partial charge < -0.3 is 85.8 Å². The van der Waals surface area contributed by atoms with Crippen molar-refractivity contribution in [1.29, 1.82) is 0 Å². The lowest BCUT2D eigenvalue weighted by Gasteiger charge is -2.37. The summed E-state index contributed by atoms with van der Waals surface area (Å²) in [5, 5.41) is 119. The van der Waals surface area contributed by atoms with Crippen molar-refractivity contribution in [3.63, 3.8) is 0 Å². The summed E-state index contributed by atoms with van der Waals surface area (Å²) >= 11 is 0. The first-order valence-corrected chi connectivity index (χ1v) is 55.1. The summed E-state index contributed by atoms with van der Waals surface area (Å²) in [6.07, 6.45) is 28.5. The van der Waals surface area contributed by atoms with Crippen molar-refractivity contribution in [2.75, 3.05) is 111 Å². The lowest BCUT2D eigenvalue weighted by atomic mass is 9.81. The van der Waals surface area contributed by atoms with E-state index in [2.05, 4.69) is 164 Å². The fraction of sp³-hybridized carbons (Fsp3) is 0.472. The highest BCUT2D eigenvalue weighted by atomic mass is 19.1. The van der Waals surface area contributed by atoms with Gasteiger partial charge in [0.25, 0.3) is 0 Å². The maximum Gasteiger partial charge on any atom is 0.162 e. The third kappa shape index (κ3) is 36.8. The third-order valence-corrected chi connectivity index (χ3v) is 30.9. The molecule has 1 fully saturated rings. The Morgan fingerprint density at radius 1 is 0.279 bits per heavy atom. The molecule has 6 unspecified atom stereocenters. The van der Waals surface area contributed by atoms with Gasteiger partial charge in [-0.15, -0.1) is 0 Å². The molecule has 0 radical (unpaired) electrons. The molecule has 0 amide bonds. The van der Waals surface area contributed by atoms with Gasteiger partial charge >= 0.3 is 0 Å². The average molecular weight is 2000 g/mol. The van der Waals surface area contributed by atoms with Crippen LogP contribution in [0, 0.1) is 5.82 Å². The first-order valence-electron chi connectivity index (χ1n) is 55.1. The summed E-state index contributed by atoms with van der Waals surface area (Å²) < 4.78 is 12.9. The lowest BCUT2D eigenvalue weighted by molar-refractivity contribution is 0.0774. The molecule has 0 aromatic heterocycles. The number of aliphatic hydroxyl groups is 12. The van der Waals surface area contributed by atoms with Crippen LogP contribution in [0.4, 0.5) is 4.39 Å². The lowest BCUT2D eigenvalue weighted by Crippen LogP contribution is -2.40. The van der Waals surface area contributed by atoms with Crippen LogP contribution in [0.25, 0.3) is 0 Å². The Morgan fingerprint density at radius 2 is 0.544 bits per heavy atom. The number of aryl methyl sites for hydroxylation is 3. The second kappa shape index (κ2) is 62.2. The van der Waals surface area contributed by atoms with E-state index < -0.39 is 36.6 Å². The van der Waals surface area contributed by atoms with E-state index in [1.807, 2.05) is 103 Å². The number of nitrogens with zero attached hydrogens (tertiary/aromatic N) is 6. The van der Waals surface area contributed by atoms with Crippen molar-refractivity contribution in [3.05, 3.63) is 389 Å². The fourth-order valence-corrected chi connectivity index (χ4v) is 22.3. The number of rotatable bonds is 36. The van der Waals surface area contributed by atoms with E-state index >= 15 is 0 Å². The number of β-amino-alcohol motifs (C(OH)–C–C–N with tert-alkyl or cyclic N) is 6. The molecule has 18 rings (SSSR count). The topological polar surface area (TPSA) is 279 Å². The summed E-state index contributed by atoms with van der Waals surface area (Å²) in [6.45, 7) is 17.4. The monoisotopic (exact) mass is 2000 g/mol. The van der Waals surface area contributed by atoms with Crippen LogP contribution < -0.4 is 0 Å². The van der Waals surface area contributed by atoms with E-state index in [0.717, 1.165) is 228 Å². The molecule has 20 heteroatoms. The highest BCUT2D eigenvalue weighted by Gasteiger charge is 2.33. The molecular formula is C127H167FN6O13. The van der Waals surface area contributed by atoms with Crippen molar-refractivity contribution in [2.24, 2.45) is 0 Å². The summed E-state index contributed by atoms with van der Waals surface area (Å²) in [4.78, 5) is 26.3. The van der Waals surface area contributed by atoms with Gasteiger partial charge in [-0.05, 0) is 320 Å². The predicted octanol–water partition coefficient (Wildman–Crippen LogP) is 19.8. The molecule has 11 aromatic carbocycles. The molecule has 790 valence electrons. The zero-order valence-corrected chi connectivity index (χ0v) is 87.3. The number of halogens is 1. The number of hydrogen-bond donors (Lipinski definition) is 12.